The minimum atomic E-state index is -4.55. The van der Waals surface area contributed by atoms with Gasteiger partial charge in [-0.15, -0.1) is 0 Å². The number of aliphatic imine (C=N–C) groups is 1. The van der Waals surface area contributed by atoms with Crippen LogP contribution in [-0.4, -0.2) is 24.9 Å². The molecule has 1 aromatic rings. The molecular formula is C13H12BrF4NO. The Morgan fingerprint density at radius 2 is 2.15 bits per heavy atom. The van der Waals surface area contributed by atoms with Crippen molar-refractivity contribution in [1.29, 1.82) is 0 Å². The maximum absolute atomic E-state index is 13.5. The molecule has 0 N–H and O–H groups in total. The molecule has 0 fully saturated rings. The predicted molar refractivity (Wildman–Crippen MR) is 70.4 cm³/mol. The zero-order valence-electron chi connectivity index (χ0n) is 10.5. The average molecular weight is 354 g/mol. The van der Waals surface area contributed by atoms with Gasteiger partial charge in [0.25, 0.3) is 0 Å². The number of nitrogens with zero attached hydrogens (tertiary/aromatic N) is 1. The normalized spacial score (nSPS) is 26.9. The van der Waals surface area contributed by atoms with Crippen molar-refractivity contribution in [3.8, 4) is 0 Å². The van der Waals surface area contributed by atoms with Crippen LogP contribution in [0.2, 0.25) is 0 Å². The third-order valence-electron chi connectivity index (χ3n) is 3.16. The maximum Gasteiger partial charge on any atom is 0.425 e. The zero-order valence-corrected chi connectivity index (χ0v) is 12.1. The Bertz CT molecular complexity index is 531. The molecule has 0 amide bonds. The second-order valence-electron chi connectivity index (χ2n) is 4.66. The van der Waals surface area contributed by atoms with Crippen LogP contribution < -0.4 is 0 Å². The molecule has 0 aromatic heterocycles. The molecule has 0 saturated heterocycles. The number of benzene rings is 1. The second kappa shape index (κ2) is 5.35. The van der Waals surface area contributed by atoms with Gasteiger partial charge in [0, 0.05) is 17.8 Å². The van der Waals surface area contributed by atoms with Crippen LogP contribution in [0.25, 0.3) is 0 Å². The molecule has 0 saturated carbocycles. The Balaban J connectivity index is 2.47. The molecule has 20 heavy (non-hydrogen) atoms. The molecule has 0 unspecified atom stereocenters. The van der Waals surface area contributed by atoms with Gasteiger partial charge in [-0.25, -0.2) is 9.38 Å². The van der Waals surface area contributed by atoms with E-state index in [-0.39, 0.29) is 5.90 Å². The first-order chi connectivity index (χ1) is 9.27. The Labute approximate surface area is 122 Å². The molecule has 1 aliphatic heterocycles. The lowest BCUT2D eigenvalue weighted by Gasteiger charge is -2.37. The van der Waals surface area contributed by atoms with Gasteiger partial charge in [0.05, 0.1) is 0 Å². The van der Waals surface area contributed by atoms with Crippen LogP contribution in [0.1, 0.15) is 18.9 Å². The minimum absolute atomic E-state index is 0.156. The van der Waals surface area contributed by atoms with Gasteiger partial charge >= 0.3 is 6.18 Å². The summed E-state index contributed by atoms with van der Waals surface area (Å²) < 4.78 is 57.5. The van der Waals surface area contributed by atoms with Crippen molar-refractivity contribution in [2.75, 3.05) is 6.67 Å². The molecule has 1 aliphatic rings. The van der Waals surface area contributed by atoms with Gasteiger partial charge in [-0.1, -0.05) is 28.1 Å². The van der Waals surface area contributed by atoms with E-state index in [1.54, 1.807) is 24.3 Å². The molecule has 7 heteroatoms. The molecule has 0 bridgehead atoms. The van der Waals surface area contributed by atoms with Gasteiger partial charge in [-0.2, -0.15) is 13.2 Å². The van der Waals surface area contributed by atoms with Crippen molar-refractivity contribution in [3.63, 3.8) is 0 Å². The fourth-order valence-electron chi connectivity index (χ4n) is 2.23. The van der Waals surface area contributed by atoms with Crippen LogP contribution in [0.5, 0.6) is 0 Å². The van der Waals surface area contributed by atoms with Gasteiger partial charge in [0.1, 0.15) is 12.2 Å². The summed E-state index contributed by atoms with van der Waals surface area (Å²) in [5.74, 6) is -0.156. The Morgan fingerprint density at radius 1 is 1.45 bits per heavy atom. The van der Waals surface area contributed by atoms with Crippen LogP contribution in [0.3, 0.4) is 0 Å². The van der Waals surface area contributed by atoms with Crippen LogP contribution in [0.4, 0.5) is 17.6 Å². The summed E-state index contributed by atoms with van der Waals surface area (Å²) >= 11 is 3.23. The van der Waals surface area contributed by atoms with Crippen molar-refractivity contribution < 1.29 is 22.3 Å². The van der Waals surface area contributed by atoms with E-state index in [2.05, 4.69) is 20.9 Å². The van der Waals surface area contributed by atoms with Crippen LogP contribution in [0, 0.1) is 0 Å². The van der Waals surface area contributed by atoms with Crippen molar-refractivity contribution in [3.05, 3.63) is 34.3 Å². The predicted octanol–water partition coefficient (Wildman–Crippen LogP) is 4.38. The van der Waals surface area contributed by atoms with E-state index in [1.807, 2.05) is 0 Å². The van der Waals surface area contributed by atoms with Gasteiger partial charge in [0.2, 0.25) is 0 Å². The molecule has 0 radical (unpaired) electrons. The summed E-state index contributed by atoms with van der Waals surface area (Å²) in [5, 5.41) is 0. The average Bonchev–Trinajstić information content (AvgIpc) is 2.37. The summed E-state index contributed by atoms with van der Waals surface area (Å²) in [7, 11) is 0. The lowest BCUT2D eigenvalue weighted by molar-refractivity contribution is -0.208. The van der Waals surface area contributed by atoms with E-state index in [0.717, 1.165) is 0 Å². The topological polar surface area (TPSA) is 21.6 Å². The van der Waals surface area contributed by atoms with Crippen LogP contribution in [-0.2, 0) is 10.3 Å². The Morgan fingerprint density at radius 3 is 2.70 bits per heavy atom. The van der Waals surface area contributed by atoms with E-state index in [4.69, 9.17) is 4.74 Å². The quantitative estimate of drug-likeness (QED) is 0.723. The van der Waals surface area contributed by atoms with Gasteiger partial charge < -0.3 is 4.74 Å². The molecule has 2 rings (SSSR count). The number of halogens is 5. The molecule has 0 aliphatic carbocycles. The van der Waals surface area contributed by atoms with Crippen molar-refractivity contribution in [1.82, 2.24) is 0 Å². The molecular weight excluding hydrogens is 342 g/mol. The number of hydrogen-bond acceptors (Lipinski definition) is 2. The van der Waals surface area contributed by atoms with E-state index in [1.165, 1.54) is 6.92 Å². The lowest BCUT2D eigenvalue weighted by Crippen LogP contribution is -2.45. The second-order valence-corrected chi connectivity index (χ2v) is 5.57. The summed E-state index contributed by atoms with van der Waals surface area (Å²) in [6.07, 6.45) is -7.17. The molecule has 1 aromatic carbocycles. The van der Waals surface area contributed by atoms with Gasteiger partial charge in [0.15, 0.2) is 12.0 Å². The van der Waals surface area contributed by atoms with E-state index in [0.29, 0.717) is 10.0 Å². The fraction of sp³-hybridized carbons (Fsp3) is 0.462. The van der Waals surface area contributed by atoms with Crippen molar-refractivity contribution >= 4 is 21.8 Å². The highest BCUT2D eigenvalue weighted by molar-refractivity contribution is 9.10. The summed E-state index contributed by atoms with van der Waals surface area (Å²) in [4.78, 5) is 4.01. The van der Waals surface area contributed by atoms with Gasteiger partial charge in [-0.3, -0.25) is 0 Å². The van der Waals surface area contributed by atoms with Crippen molar-refractivity contribution in [2.24, 2.45) is 4.99 Å². The van der Waals surface area contributed by atoms with Crippen LogP contribution >= 0.6 is 15.9 Å². The largest absolute Gasteiger partial charge is 0.468 e. The summed E-state index contributed by atoms with van der Waals surface area (Å²) in [6, 6.07) is 6.50. The van der Waals surface area contributed by atoms with E-state index >= 15 is 0 Å². The number of rotatable bonds is 2. The first-order valence-electron chi connectivity index (χ1n) is 5.89. The maximum atomic E-state index is 13.5. The van der Waals surface area contributed by atoms with Crippen LogP contribution in [0.15, 0.2) is 33.7 Å². The van der Waals surface area contributed by atoms with E-state index in [9.17, 15) is 17.6 Å². The number of ether oxygens (including phenoxy) is 1. The Kier molecular flexibility index (Phi) is 4.09. The van der Waals surface area contributed by atoms with Crippen molar-refractivity contribution in [2.45, 2.75) is 31.2 Å². The standard InChI is InChI=1S/C13H12BrF4NO/c1-8-19-12(7-15,6-11(20-8)13(16,17)18)9-3-2-4-10(14)5-9/h2-5,11H,6-7H2,1H3/t11-,12+/m0/s1. The molecule has 2 nitrogen and oxygen atoms in total. The molecule has 110 valence electrons. The smallest absolute Gasteiger partial charge is 0.425 e. The molecule has 2 atom stereocenters. The third kappa shape index (κ3) is 2.97. The Hall–Kier alpha value is -1.11. The molecule has 1 heterocycles. The SMILES string of the molecule is CC1=N[C@](CF)(c2cccc(Br)c2)C[C@@H](C(F)(F)F)O1. The van der Waals surface area contributed by atoms with E-state index < -0.39 is 30.9 Å². The lowest BCUT2D eigenvalue weighted by atomic mass is 9.85. The third-order valence-corrected chi connectivity index (χ3v) is 3.65. The fourth-order valence-corrected chi connectivity index (χ4v) is 2.63. The first kappa shape index (κ1) is 15.3. The first-order valence-corrected chi connectivity index (χ1v) is 6.68. The summed E-state index contributed by atoms with van der Waals surface area (Å²) in [6.45, 7) is 0.289. The highest BCUT2D eigenvalue weighted by Gasteiger charge is 2.50. The number of hydrogen-bond donors (Lipinski definition) is 0. The highest BCUT2D eigenvalue weighted by atomic mass is 79.9. The molecule has 0 spiro atoms. The number of alkyl halides is 4. The summed E-state index contributed by atoms with van der Waals surface area (Å²) in [5.41, 5.74) is -1.15. The van der Waals surface area contributed by atoms with Gasteiger partial charge in [-0.05, 0) is 17.7 Å². The zero-order chi connectivity index (χ0) is 15.0. The monoisotopic (exact) mass is 353 g/mol. The minimum Gasteiger partial charge on any atom is -0.468 e. The highest BCUT2D eigenvalue weighted by Crippen LogP contribution is 2.41.